The number of hydrogen-bond donors (Lipinski definition) is 2. The number of carboxylic acids is 1. The lowest BCUT2D eigenvalue weighted by atomic mass is 10.2. The van der Waals surface area contributed by atoms with Gasteiger partial charge in [-0.3, -0.25) is 4.79 Å². The Labute approximate surface area is 118 Å². The van der Waals surface area contributed by atoms with Crippen molar-refractivity contribution in [3.05, 3.63) is 28.2 Å². The van der Waals surface area contributed by atoms with Gasteiger partial charge in [-0.2, -0.15) is 0 Å². The molecule has 0 bridgehead atoms. The molecule has 19 heavy (non-hydrogen) atoms. The molecule has 0 aromatic heterocycles. The molecule has 0 aliphatic carbocycles. The van der Waals surface area contributed by atoms with Crippen LogP contribution >= 0.6 is 15.9 Å². The van der Waals surface area contributed by atoms with Gasteiger partial charge in [0.25, 0.3) is 5.91 Å². The molecule has 1 rings (SSSR count). The van der Waals surface area contributed by atoms with Crippen LogP contribution in [0, 0.1) is 0 Å². The monoisotopic (exact) mass is 331 g/mol. The van der Waals surface area contributed by atoms with E-state index in [9.17, 15) is 9.59 Å². The topological polar surface area (TPSA) is 84.9 Å². The zero-order valence-corrected chi connectivity index (χ0v) is 12.1. The molecule has 0 saturated heterocycles. The second kappa shape index (κ2) is 7.10. The number of benzene rings is 1. The summed E-state index contributed by atoms with van der Waals surface area (Å²) in [5, 5.41) is 11.3. The minimum Gasteiger partial charge on any atom is -0.496 e. The molecule has 104 valence electrons. The van der Waals surface area contributed by atoms with Crippen molar-refractivity contribution in [1.82, 2.24) is 5.32 Å². The zero-order valence-electron chi connectivity index (χ0n) is 10.5. The summed E-state index contributed by atoms with van der Waals surface area (Å²) >= 11 is 3.27. The summed E-state index contributed by atoms with van der Waals surface area (Å²) in [7, 11) is 2.80. The van der Waals surface area contributed by atoms with Crippen LogP contribution in [0.2, 0.25) is 0 Å². The molecule has 1 unspecified atom stereocenters. The molecule has 6 nitrogen and oxygen atoms in total. The van der Waals surface area contributed by atoms with Crippen LogP contribution in [0.25, 0.3) is 0 Å². The van der Waals surface area contributed by atoms with Crippen LogP contribution in [-0.4, -0.2) is 43.9 Å². The Morgan fingerprint density at radius 1 is 1.42 bits per heavy atom. The molecule has 7 heteroatoms. The van der Waals surface area contributed by atoms with E-state index in [4.69, 9.17) is 14.6 Å². The maximum atomic E-state index is 11.8. The highest BCUT2D eigenvalue weighted by Crippen LogP contribution is 2.25. The van der Waals surface area contributed by atoms with E-state index in [1.165, 1.54) is 14.2 Å². The van der Waals surface area contributed by atoms with Gasteiger partial charge in [-0.15, -0.1) is 0 Å². The van der Waals surface area contributed by atoms with Gasteiger partial charge >= 0.3 is 5.97 Å². The Bertz CT molecular complexity index is 477. The van der Waals surface area contributed by atoms with E-state index in [-0.39, 0.29) is 12.5 Å². The summed E-state index contributed by atoms with van der Waals surface area (Å²) in [4.78, 5) is 22.5. The van der Waals surface area contributed by atoms with Crippen LogP contribution in [-0.2, 0) is 9.53 Å². The van der Waals surface area contributed by atoms with E-state index < -0.39 is 12.1 Å². The number of aliphatic carboxylic acids is 1. The number of amides is 1. The third-order valence-corrected chi connectivity index (χ3v) is 3.04. The molecular weight excluding hydrogens is 318 g/mol. The highest BCUT2D eigenvalue weighted by atomic mass is 79.9. The van der Waals surface area contributed by atoms with Gasteiger partial charge in [0, 0.05) is 12.7 Å². The number of carbonyl (C=O) groups is 2. The summed E-state index contributed by atoms with van der Waals surface area (Å²) in [6, 6.07) is 4.82. The number of methoxy groups -OCH3 is 2. The normalized spacial score (nSPS) is 11.7. The molecule has 0 saturated carbocycles. The van der Waals surface area contributed by atoms with Gasteiger partial charge in [-0.25, -0.2) is 4.79 Å². The fraction of sp³-hybridized carbons (Fsp3) is 0.333. The third-order valence-electron chi connectivity index (χ3n) is 2.42. The largest absolute Gasteiger partial charge is 0.496 e. The number of rotatable bonds is 6. The number of hydrogen-bond acceptors (Lipinski definition) is 4. The van der Waals surface area contributed by atoms with Crippen molar-refractivity contribution < 1.29 is 24.2 Å². The van der Waals surface area contributed by atoms with Gasteiger partial charge in [-0.1, -0.05) is 0 Å². The van der Waals surface area contributed by atoms with Crippen molar-refractivity contribution in [2.24, 2.45) is 0 Å². The van der Waals surface area contributed by atoms with Gasteiger partial charge in [0.15, 0.2) is 6.10 Å². The number of nitrogens with one attached hydrogen (secondary N) is 1. The molecule has 0 spiro atoms. The minimum atomic E-state index is -1.13. The lowest BCUT2D eigenvalue weighted by molar-refractivity contribution is -0.148. The van der Waals surface area contributed by atoms with Crippen LogP contribution < -0.4 is 10.1 Å². The smallest absolute Gasteiger partial charge is 0.334 e. The summed E-state index contributed by atoms with van der Waals surface area (Å²) in [5.74, 6) is -0.901. The summed E-state index contributed by atoms with van der Waals surface area (Å²) in [6.45, 7) is -0.103. The lowest BCUT2D eigenvalue weighted by Crippen LogP contribution is -2.37. The Morgan fingerprint density at radius 2 is 2.11 bits per heavy atom. The summed E-state index contributed by atoms with van der Waals surface area (Å²) < 4.78 is 10.4. The van der Waals surface area contributed by atoms with Crippen LogP contribution in [0.15, 0.2) is 22.7 Å². The first-order valence-electron chi connectivity index (χ1n) is 5.37. The molecule has 1 amide bonds. The minimum absolute atomic E-state index is 0.103. The predicted octanol–water partition coefficient (Wildman–Crippen LogP) is 1.29. The Balaban J connectivity index is 2.68. The molecule has 1 aromatic rings. The summed E-state index contributed by atoms with van der Waals surface area (Å²) in [6.07, 6.45) is -1.06. The van der Waals surface area contributed by atoms with Crippen LogP contribution in [0.1, 0.15) is 10.4 Å². The van der Waals surface area contributed by atoms with E-state index >= 15 is 0 Å². The van der Waals surface area contributed by atoms with Crippen molar-refractivity contribution in [3.63, 3.8) is 0 Å². The quantitative estimate of drug-likeness (QED) is 0.820. The summed E-state index contributed by atoms with van der Waals surface area (Å²) in [5.41, 5.74) is 0.396. The maximum absolute atomic E-state index is 11.8. The highest BCUT2D eigenvalue weighted by molar-refractivity contribution is 9.10. The first-order valence-corrected chi connectivity index (χ1v) is 6.16. The molecule has 0 radical (unpaired) electrons. The Morgan fingerprint density at radius 3 is 2.58 bits per heavy atom. The van der Waals surface area contributed by atoms with Crippen molar-refractivity contribution in [2.45, 2.75) is 6.10 Å². The fourth-order valence-corrected chi connectivity index (χ4v) is 1.91. The van der Waals surface area contributed by atoms with E-state index in [0.717, 1.165) is 0 Å². The molecule has 0 heterocycles. The van der Waals surface area contributed by atoms with E-state index in [1.54, 1.807) is 18.2 Å². The second-order valence-electron chi connectivity index (χ2n) is 3.62. The fourth-order valence-electron chi connectivity index (χ4n) is 1.37. The molecule has 0 aliphatic heterocycles. The third kappa shape index (κ3) is 4.22. The Hall–Kier alpha value is -1.60. The molecule has 2 N–H and O–H groups in total. The number of halogens is 1. The molecule has 0 aliphatic rings. The predicted molar refractivity (Wildman–Crippen MR) is 71.5 cm³/mol. The van der Waals surface area contributed by atoms with Gasteiger partial charge < -0.3 is 19.9 Å². The average Bonchev–Trinajstić information content (AvgIpc) is 2.38. The maximum Gasteiger partial charge on any atom is 0.334 e. The van der Waals surface area contributed by atoms with Crippen molar-refractivity contribution >= 4 is 27.8 Å². The molecule has 0 fully saturated rings. The SMILES string of the molecule is COc1ccc(C(=O)NCC(OC)C(=O)O)cc1Br. The van der Waals surface area contributed by atoms with E-state index in [0.29, 0.717) is 15.8 Å². The standard InChI is InChI=1S/C12H14BrNO5/c1-18-9-4-3-7(5-8(9)13)11(15)14-6-10(19-2)12(16)17/h3-5,10H,6H2,1-2H3,(H,14,15)(H,16,17). The average molecular weight is 332 g/mol. The van der Waals surface area contributed by atoms with Crippen LogP contribution in [0.4, 0.5) is 0 Å². The lowest BCUT2D eigenvalue weighted by Gasteiger charge is -2.12. The van der Waals surface area contributed by atoms with Gasteiger partial charge in [0.2, 0.25) is 0 Å². The van der Waals surface area contributed by atoms with E-state index in [2.05, 4.69) is 21.2 Å². The van der Waals surface area contributed by atoms with Crippen molar-refractivity contribution in [2.75, 3.05) is 20.8 Å². The zero-order chi connectivity index (χ0) is 14.4. The van der Waals surface area contributed by atoms with Crippen molar-refractivity contribution in [3.8, 4) is 5.75 Å². The highest BCUT2D eigenvalue weighted by Gasteiger charge is 2.18. The van der Waals surface area contributed by atoms with Gasteiger partial charge in [-0.05, 0) is 34.1 Å². The van der Waals surface area contributed by atoms with E-state index in [1.807, 2.05) is 0 Å². The second-order valence-corrected chi connectivity index (χ2v) is 4.48. The van der Waals surface area contributed by atoms with Crippen molar-refractivity contribution in [1.29, 1.82) is 0 Å². The first kappa shape index (κ1) is 15.5. The van der Waals surface area contributed by atoms with Crippen LogP contribution in [0.5, 0.6) is 5.75 Å². The molecule has 1 aromatic carbocycles. The molecule has 1 atom stereocenters. The number of carboxylic acid groups (broad SMARTS) is 1. The van der Waals surface area contributed by atoms with Gasteiger partial charge in [0.1, 0.15) is 5.75 Å². The first-order chi connectivity index (χ1) is 8.99. The van der Waals surface area contributed by atoms with Gasteiger partial charge in [0.05, 0.1) is 18.1 Å². The Kier molecular flexibility index (Phi) is 5.78. The number of ether oxygens (including phenoxy) is 2. The molecular formula is C12H14BrNO5. The number of carbonyl (C=O) groups excluding carboxylic acids is 1. The van der Waals surface area contributed by atoms with Crippen LogP contribution in [0.3, 0.4) is 0 Å².